The van der Waals surface area contributed by atoms with Gasteiger partial charge in [0.25, 0.3) is 5.91 Å². The second kappa shape index (κ2) is 10.0. The van der Waals surface area contributed by atoms with E-state index in [1.54, 1.807) is 6.07 Å². The Balaban J connectivity index is 1.44. The molecular weight excluding hydrogens is 466 g/mol. The summed E-state index contributed by atoms with van der Waals surface area (Å²) in [7, 11) is 0. The second-order valence-corrected chi connectivity index (χ2v) is 8.75. The summed E-state index contributed by atoms with van der Waals surface area (Å²) in [6.45, 7) is 5.86. The second-order valence-electron chi connectivity index (χ2n) is 7.83. The van der Waals surface area contributed by atoms with Crippen LogP contribution in [0.3, 0.4) is 0 Å². The maximum Gasteiger partial charge on any atom is 0.251 e. The van der Waals surface area contributed by atoms with E-state index in [0.717, 1.165) is 45.6 Å². The van der Waals surface area contributed by atoms with Crippen LogP contribution in [0.2, 0.25) is 0 Å². The Hall–Kier alpha value is -3.12. The molecule has 0 radical (unpaired) electrons. The number of carbonyl (C=O) groups is 1. The molecule has 1 N–H and O–H groups in total. The van der Waals surface area contributed by atoms with E-state index in [4.69, 9.17) is 9.72 Å². The number of fused-ring (bicyclic) bond motifs is 1. The van der Waals surface area contributed by atoms with Crippen LogP contribution in [-0.2, 0) is 13.1 Å². The number of carbonyl (C=O) groups excluding carboxylic acids is 1. The summed E-state index contributed by atoms with van der Waals surface area (Å²) in [6, 6.07) is 21.7. The highest BCUT2D eigenvalue weighted by atomic mass is 79.9. The number of aromatic nitrogens is 2. The van der Waals surface area contributed by atoms with Crippen molar-refractivity contribution >= 4 is 32.9 Å². The molecule has 0 bridgehead atoms. The van der Waals surface area contributed by atoms with Crippen molar-refractivity contribution in [2.24, 2.45) is 0 Å². The van der Waals surface area contributed by atoms with Gasteiger partial charge in [0, 0.05) is 16.6 Å². The highest BCUT2D eigenvalue weighted by Crippen LogP contribution is 2.20. The molecule has 0 aliphatic heterocycles. The quantitative estimate of drug-likeness (QED) is 0.316. The van der Waals surface area contributed by atoms with E-state index in [2.05, 4.69) is 63.9 Å². The van der Waals surface area contributed by atoms with Gasteiger partial charge in [-0.25, -0.2) is 4.98 Å². The average molecular weight is 492 g/mol. The third-order valence-electron chi connectivity index (χ3n) is 5.35. The smallest absolute Gasteiger partial charge is 0.251 e. The van der Waals surface area contributed by atoms with Crippen LogP contribution in [-0.4, -0.2) is 22.1 Å². The van der Waals surface area contributed by atoms with Crippen molar-refractivity contribution in [1.82, 2.24) is 14.9 Å². The maximum atomic E-state index is 12.6. The molecule has 6 heteroatoms. The molecule has 0 spiro atoms. The van der Waals surface area contributed by atoms with Crippen LogP contribution >= 0.6 is 15.9 Å². The first kappa shape index (κ1) is 22.1. The van der Waals surface area contributed by atoms with Gasteiger partial charge >= 0.3 is 0 Å². The minimum absolute atomic E-state index is 0.122. The minimum Gasteiger partial charge on any atom is -0.493 e. The summed E-state index contributed by atoms with van der Waals surface area (Å²) in [5.74, 6) is 1.64. The predicted octanol–water partition coefficient (Wildman–Crippen LogP) is 5.81. The zero-order valence-electron chi connectivity index (χ0n) is 18.3. The number of benzene rings is 3. The van der Waals surface area contributed by atoms with Gasteiger partial charge in [-0.1, -0.05) is 46.3 Å². The Morgan fingerprint density at radius 3 is 2.75 bits per heavy atom. The molecule has 0 atom stereocenters. The van der Waals surface area contributed by atoms with E-state index in [1.165, 1.54) is 5.56 Å². The largest absolute Gasteiger partial charge is 0.493 e. The fourth-order valence-electron chi connectivity index (χ4n) is 3.67. The van der Waals surface area contributed by atoms with Crippen molar-refractivity contribution < 1.29 is 9.53 Å². The molecule has 0 aliphatic rings. The van der Waals surface area contributed by atoms with Gasteiger partial charge in [0.05, 0.1) is 24.2 Å². The Morgan fingerprint density at radius 2 is 1.91 bits per heavy atom. The Labute approximate surface area is 196 Å². The summed E-state index contributed by atoms with van der Waals surface area (Å²) in [5.41, 5.74) is 4.93. The molecule has 1 aromatic heterocycles. The van der Waals surface area contributed by atoms with Gasteiger partial charge in [-0.05, 0) is 67.8 Å². The Morgan fingerprint density at radius 1 is 1.06 bits per heavy atom. The van der Waals surface area contributed by atoms with Crippen LogP contribution in [0.5, 0.6) is 5.75 Å². The highest BCUT2D eigenvalue weighted by molar-refractivity contribution is 9.10. The normalized spacial score (nSPS) is 11.0. The number of rotatable bonds is 8. The van der Waals surface area contributed by atoms with Crippen molar-refractivity contribution in [3.63, 3.8) is 0 Å². The molecule has 3 aromatic carbocycles. The zero-order valence-corrected chi connectivity index (χ0v) is 19.9. The Bertz CT molecular complexity index is 1250. The molecule has 164 valence electrons. The Kier molecular flexibility index (Phi) is 6.90. The number of halogens is 1. The lowest BCUT2D eigenvalue weighted by molar-refractivity contribution is 0.0949. The number of ether oxygens (including phenoxy) is 1. The van der Waals surface area contributed by atoms with Crippen molar-refractivity contribution in [2.75, 3.05) is 6.61 Å². The number of hydrogen-bond donors (Lipinski definition) is 1. The number of nitrogens with zero attached hydrogens (tertiary/aromatic N) is 2. The van der Waals surface area contributed by atoms with Crippen LogP contribution in [0.4, 0.5) is 0 Å². The molecule has 1 amide bonds. The number of hydrogen-bond acceptors (Lipinski definition) is 3. The van der Waals surface area contributed by atoms with Crippen molar-refractivity contribution in [2.45, 2.75) is 33.4 Å². The predicted molar refractivity (Wildman–Crippen MR) is 131 cm³/mol. The fraction of sp³-hybridized carbons (Fsp3) is 0.231. The molecule has 0 saturated heterocycles. The number of para-hydroxylation sites is 2. The molecule has 0 fully saturated rings. The topological polar surface area (TPSA) is 56.1 Å². The van der Waals surface area contributed by atoms with Crippen LogP contribution in [0.15, 0.2) is 71.2 Å². The third kappa shape index (κ3) is 5.19. The van der Waals surface area contributed by atoms with Gasteiger partial charge in [0.2, 0.25) is 0 Å². The summed E-state index contributed by atoms with van der Waals surface area (Å²) in [5, 5.41) is 3.00. The maximum absolute atomic E-state index is 12.6. The van der Waals surface area contributed by atoms with Gasteiger partial charge < -0.3 is 14.6 Å². The van der Waals surface area contributed by atoms with Gasteiger partial charge in [0.1, 0.15) is 11.6 Å². The lowest BCUT2D eigenvalue weighted by Gasteiger charge is -2.13. The van der Waals surface area contributed by atoms with E-state index < -0.39 is 0 Å². The molecule has 0 saturated carbocycles. The molecule has 5 nitrogen and oxygen atoms in total. The van der Waals surface area contributed by atoms with E-state index in [-0.39, 0.29) is 5.91 Å². The number of imidazole rings is 1. The summed E-state index contributed by atoms with van der Waals surface area (Å²) in [6.07, 6.45) is 0.834. The lowest BCUT2D eigenvalue weighted by Crippen LogP contribution is -2.25. The number of amides is 1. The van der Waals surface area contributed by atoms with Crippen molar-refractivity contribution in [3.8, 4) is 5.75 Å². The van der Waals surface area contributed by atoms with Crippen molar-refractivity contribution in [3.05, 3.63) is 93.7 Å². The zero-order chi connectivity index (χ0) is 22.5. The van der Waals surface area contributed by atoms with E-state index in [9.17, 15) is 4.79 Å². The molecule has 1 heterocycles. The van der Waals surface area contributed by atoms with Gasteiger partial charge in [-0.2, -0.15) is 0 Å². The SMILES string of the molecule is Cc1ccc(C)c(OCCCn2c(CNC(=O)c3cccc(Br)c3)nc3ccccc32)c1. The van der Waals surface area contributed by atoms with Crippen LogP contribution in [0, 0.1) is 13.8 Å². The molecule has 0 aliphatic carbocycles. The molecule has 4 rings (SSSR count). The number of aryl methyl sites for hydroxylation is 3. The lowest BCUT2D eigenvalue weighted by atomic mass is 10.1. The highest BCUT2D eigenvalue weighted by Gasteiger charge is 2.13. The summed E-state index contributed by atoms with van der Waals surface area (Å²) < 4.78 is 9.07. The molecule has 32 heavy (non-hydrogen) atoms. The molecule has 0 unspecified atom stereocenters. The van der Waals surface area contributed by atoms with Gasteiger partial charge in [0.15, 0.2) is 0 Å². The first-order valence-corrected chi connectivity index (χ1v) is 11.5. The van der Waals surface area contributed by atoms with E-state index >= 15 is 0 Å². The minimum atomic E-state index is -0.122. The molecule has 4 aromatic rings. The first-order chi connectivity index (χ1) is 15.5. The number of nitrogens with one attached hydrogen (secondary N) is 1. The summed E-state index contributed by atoms with van der Waals surface area (Å²) >= 11 is 3.41. The third-order valence-corrected chi connectivity index (χ3v) is 5.85. The average Bonchev–Trinajstić information content (AvgIpc) is 3.14. The van der Waals surface area contributed by atoms with Crippen molar-refractivity contribution in [1.29, 1.82) is 0 Å². The van der Waals surface area contributed by atoms with E-state index in [1.807, 2.05) is 36.4 Å². The van der Waals surface area contributed by atoms with Crippen LogP contribution in [0.25, 0.3) is 11.0 Å². The standard InChI is InChI=1S/C26H26BrN3O2/c1-18-11-12-19(2)24(15-18)32-14-6-13-30-23-10-4-3-9-22(23)29-25(30)17-28-26(31)20-7-5-8-21(27)16-20/h3-5,7-12,15-16H,6,13-14,17H2,1-2H3,(H,28,31). The van der Waals surface area contributed by atoms with E-state index in [0.29, 0.717) is 18.7 Å². The van der Waals surface area contributed by atoms with Crippen LogP contribution < -0.4 is 10.1 Å². The fourth-order valence-corrected chi connectivity index (χ4v) is 4.07. The summed E-state index contributed by atoms with van der Waals surface area (Å²) in [4.78, 5) is 17.3. The monoisotopic (exact) mass is 491 g/mol. The first-order valence-electron chi connectivity index (χ1n) is 10.7. The van der Waals surface area contributed by atoms with Crippen LogP contribution in [0.1, 0.15) is 33.7 Å². The van der Waals surface area contributed by atoms with Gasteiger partial charge in [-0.15, -0.1) is 0 Å². The molecular formula is C26H26BrN3O2. The van der Waals surface area contributed by atoms with Gasteiger partial charge in [-0.3, -0.25) is 4.79 Å².